The zero-order valence-electron chi connectivity index (χ0n) is 8.94. The molecule has 0 aliphatic heterocycles. The van der Waals surface area contributed by atoms with Crippen LogP contribution in [0.1, 0.15) is 18.9 Å². The summed E-state index contributed by atoms with van der Waals surface area (Å²) in [5.41, 5.74) is 1.18. The molecule has 4 heteroatoms. The van der Waals surface area contributed by atoms with Crippen LogP contribution in [0.2, 0.25) is 0 Å². The third kappa shape index (κ3) is 4.95. The minimum atomic E-state index is -3.05. The minimum absolute atomic E-state index is 0.204. The van der Waals surface area contributed by atoms with Crippen molar-refractivity contribution >= 4 is 10.0 Å². The maximum atomic E-state index is 11.3. The molecule has 1 rings (SSSR count). The number of aryl methyl sites for hydroxylation is 1. The first-order valence-electron chi connectivity index (χ1n) is 5.15. The van der Waals surface area contributed by atoms with Crippen LogP contribution in [0.25, 0.3) is 0 Å². The zero-order chi connectivity index (χ0) is 11.1. The summed E-state index contributed by atoms with van der Waals surface area (Å²) in [5.74, 6) is 0.204. The summed E-state index contributed by atoms with van der Waals surface area (Å²) in [6.07, 6.45) is 1.48. The van der Waals surface area contributed by atoms with Gasteiger partial charge < -0.3 is 0 Å². The Morgan fingerprint density at radius 3 is 2.47 bits per heavy atom. The van der Waals surface area contributed by atoms with E-state index in [1.54, 1.807) is 6.92 Å². The highest BCUT2D eigenvalue weighted by molar-refractivity contribution is 7.89. The van der Waals surface area contributed by atoms with Crippen molar-refractivity contribution in [2.75, 3.05) is 12.3 Å². The van der Waals surface area contributed by atoms with Crippen LogP contribution < -0.4 is 4.72 Å². The second-order valence-corrected chi connectivity index (χ2v) is 5.33. The molecule has 84 valence electrons. The lowest BCUT2D eigenvalue weighted by Crippen LogP contribution is -2.26. The Balaban J connectivity index is 2.34. The Labute approximate surface area is 91.6 Å². The lowest BCUT2D eigenvalue weighted by molar-refractivity contribution is 0.581. The van der Waals surface area contributed by atoms with Crippen LogP contribution in [0.4, 0.5) is 0 Å². The average Bonchev–Trinajstić information content (AvgIpc) is 2.19. The molecule has 0 aromatic heterocycles. The van der Waals surface area contributed by atoms with Crippen molar-refractivity contribution in [1.29, 1.82) is 0 Å². The van der Waals surface area contributed by atoms with E-state index in [-0.39, 0.29) is 5.75 Å². The number of benzene rings is 1. The smallest absolute Gasteiger partial charge is 0.211 e. The van der Waals surface area contributed by atoms with E-state index in [1.165, 1.54) is 5.56 Å². The molecule has 0 unspecified atom stereocenters. The molecule has 0 heterocycles. The number of hydrogen-bond donors (Lipinski definition) is 1. The topological polar surface area (TPSA) is 46.2 Å². The van der Waals surface area contributed by atoms with Crippen molar-refractivity contribution in [2.24, 2.45) is 0 Å². The fraction of sp³-hybridized carbons (Fsp3) is 0.455. The van der Waals surface area contributed by atoms with Gasteiger partial charge in [0.05, 0.1) is 5.75 Å². The summed E-state index contributed by atoms with van der Waals surface area (Å²) in [5, 5.41) is 0. The number of sulfonamides is 1. The standard InChI is InChI=1S/C11H17NO2S/c1-2-12-15(13,14)10-6-9-11-7-4-3-5-8-11/h3-5,7-8,12H,2,6,9-10H2,1H3. The van der Waals surface area contributed by atoms with E-state index < -0.39 is 10.0 Å². The highest BCUT2D eigenvalue weighted by Crippen LogP contribution is 2.03. The summed E-state index contributed by atoms with van der Waals surface area (Å²) < 4.78 is 25.1. The molecule has 0 fully saturated rings. The molecule has 0 spiro atoms. The molecular weight excluding hydrogens is 210 g/mol. The first-order chi connectivity index (χ1) is 7.14. The lowest BCUT2D eigenvalue weighted by Gasteiger charge is -2.04. The molecule has 0 radical (unpaired) electrons. The predicted molar refractivity (Wildman–Crippen MR) is 62.2 cm³/mol. The van der Waals surface area contributed by atoms with Gasteiger partial charge in [-0.3, -0.25) is 0 Å². The largest absolute Gasteiger partial charge is 0.216 e. The third-order valence-corrected chi connectivity index (χ3v) is 3.64. The molecule has 1 N–H and O–H groups in total. The van der Waals surface area contributed by atoms with Gasteiger partial charge in [-0.05, 0) is 18.4 Å². The van der Waals surface area contributed by atoms with E-state index in [0.717, 1.165) is 6.42 Å². The van der Waals surface area contributed by atoms with Gasteiger partial charge in [-0.25, -0.2) is 13.1 Å². The first-order valence-corrected chi connectivity index (χ1v) is 6.80. The Morgan fingerprint density at radius 1 is 1.20 bits per heavy atom. The van der Waals surface area contributed by atoms with Crippen LogP contribution in [0.3, 0.4) is 0 Å². The maximum Gasteiger partial charge on any atom is 0.211 e. The van der Waals surface area contributed by atoms with Crippen LogP contribution in [0.15, 0.2) is 30.3 Å². The van der Waals surface area contributed by atoms with Gasteiger partial charge in [-0.2, -0.15) is 0 Å². The summed E-state index contributed by atoms with van der Waals surface area (Å²) in [7, 11) is -3.05. The maximum absolute atomic E-state index is 11.3. The zero-order valence-corrected chi connectivity index (χ0v) is 9.76. The Bertz CT molecular complexity index is 373. The monoisotopic (exact) mass is 227 g/mol. The van der Waals surface area contributed by atoms with Gasteiger partial charge in [0.25, 0.3) is 0 Å². The summed E-state index contributed by atoms with van der Waals surface area (Å²) >= 11 is 0. The van der Waals surface area contributed by atoms with Gasteiger partial charge in [0.15, 0.2) is 0 Å². The van der Waals surface area contributed by atoms with Crippen molar-refractivity contribution in [2.45, 2.75) is 19.8 Å². The number of hydrogen-bond acceptors (Lipinski definition) is 2. The van der Waals surface area contributed by atoms with Gasteiger partial charge in [-0.15, -0.1) is 0 Å². The van der Waals surface area contributed by atoms with Crippen molar-refractivity contribution in [3.63, 3.8) is 0 Å². The summed E-state index contributed by atoms with van der Waals surface area (Å²) in [6, 6.07) is 9.92. The highest BCUT2D eigenvalue weighted by atomic mass is 32.2. The highest BCUT2D eigenvalue weighted by Gasteiger charge is 2.07. The number of nitrogens with one attached hydrogen (secondary N) is 1. The third-order valence-electron chi connectivity index (χ3n) is 2.09. The van der Waals surface area contributed by atoms with Crippen molar-refractivity contribution < 1.29 is 8.42 Å². The molecule has 0 aliphatic carbocycles. The fourth-order valence-corrected chi connectivity index (χ4v) is 2.51. The molecule has 1 aromatic rings. The molecule has 0 saturated heterocycles. The molecule has 0 atom stereocenters. The molecule has 1 aromatic carbocycles. The average molecular weight is 227 g/mol. The van der Waals surface area contributed by atoms with Crippen LogP contribution in [-0.2, 0) is 16.4 Å². The van der Waals surface area contributed by atoms with E-state index in [4.69, 9.17) is 0 Å². The van der Waals surface area contributed by atoms with Gasteiger partial charge in [0.1, 0.15) is 0 Å². The molecule has 3 nitrogen and oxygen atoms in total. The normalized spacial score (nSPS) is 11.5. The van der Waals surface area contributed by atoms with Gasteiger partial charge in [-0.1, -0.05) is 37.3 Å². The molecule has 15 heavy (non-hydrogen) atoms. The van der Waals surface area contributed by atoms with E-state index in [1.807, 2.05) is 30.3 Å². The minimum Gasteiger partial charge on any atom is -0.216 e. The first kappa shape index (κ1) is 12.2. The van der Waals surface area contributed by atoms with Crippen LogP contribution in [-0.4, -0.2) is 20.7 Å². The molecular formula is C11H17NO2S. The summed E-state index contributed by atoms with van der Waals surface area (Å²) in [4.78, 5) is 0. The van der Waals surface area contributed by atoms with Gasteiger partial charge in [0, 0.05) is 6.54 Å². The van der Waals surface area contributed by atoms with E-state index in [0.29, 0.717) is 13.0 Å². The Kier molecular flexibility index (Phi) is 4.78. The Hall–Kier alpha value is -0.870. The summed E-state index contributed by atoms with van der Waals surface area (Å²) in [6.45, 7) is 2.25. The lowest BCUT2D eigenvalue weighted by atomic mass is 10.1. The molecule has 0 aliphatic rings. The fourth-order valence-electron chi connectivity index (χ4n) is 1.40. The van der Waals surface area contributed by atoms with Crippen molar-refractivity contribution in [1.82, 2.24) is 4.72 Å². The molecule has 0 bridgehead atoms. The Morgan fingerprint density at radius 2 is 1.87 bits per heavy atom. The van der Waals surface area contributed by atoms with Crippen molar-refractivity contribution in [3.05, 3.63) is 35.9 Å². The molecule has 0 saturated carbocycles. The molecule has 0 amide bonds. The second-order valence-electron chi connectivity index (χ2n) is 3.41. The van der Waals surface area contributed by atoms with E-state index >= 15 is 0 Å². The predicted octanol–water partition coefficient (Wildman–Crippen LogP) is 1.56. The van der Waals surface area contributed by atoms with E-state index in [9.17, 15) is 8.42 Å². The van der Waals surface area contributed by atoms with Crippen LogP contribution in [0.5, 0.6) is 0 Å². The number of rotatable bonds is 6. The van der Waals surface area contributed by atoms with Gasteiger partial charge in [0.2, 0.25) is 10.0 Å². The quantitative estimate of drug-likeness (QED) is 0.801. The SMILES string of the molecule is CCNS(=O)(=O)CCCc1ccccc1. The van der Waals surface area contributed by atoms with Crippen LogP contribution in [0, 0.1) is 0 Å². The second kappa shape index (κ2) is 5.88. The van der Waals surface area contributed by atoms with Crippen LogP contribution >= 0.6 is 0 Å². The van der Waals surface area contributed by atoms with Gasteiger partial charge >= 0.3 is 0 Å². The van der Waals surface area contributed by atoms with Crippen molar-refractivity contribution in [3.8, 4) is 0 Å². The van der Waals surface area contributed by atoms with E-state index in [2.05, 4.69) is 4.72 Å².